The van der Waals surface area contributed by atoms with E-state index in [0.29, 0.717) is 36.8 Å². The van der Waals surface area contributed by atoms with Crippen LogP contribution in [0.5, 0.6) is 5.75 Å². The summed E-state index contributed by atoms with van der Waals surface area (Å²) in [6, 6.07) is 11.7. The molecule has 1 N–H and O–H groups in total. The molecule has 1 saturated heterocycles. The maximum Gasteiger partial charge on any atom is 0.264 e. The van der Waals surface area contributed by atoms with Crippen LogP contribution in [0, 0.1) is 17.8 Å². The number of rotatable bonds is 6. The largest absolute Gasteiger partial charge is 0.490 e. The van der Waals surface area contributed by atoms with Gasteiger partial charge in [-0.1, -0.05) is 36.7 Å². The Morgan fingerprint density at radius 1 is 1.05 bits per heavy atom. The molecule has 1 spiro atoms. The molecule has 1 saturated carbocycles. The molecule has 10 nitrogen and oxygen atoms in total. The van der Waals surface area contributed by atoms with Gasteiger partial charge in [0.2, 0.25) is 10.0 Å². The maximum absolute atomic E-state index is 14.1. The van der Waals surface area contributed by atoms with E-state index in [-0.39, 0.29) is 35.8 Å². The summed E-state index contributed by atoms with van der Waals surface area (Å²) in [6.07, 6.45) is 10.3. The van der Waals surface area contributed by atoms with Gasteiger partial charge < -0.3 is 19.1 Å². The first-order chi connectivity index (χ1) is 26.7. The van der Waals surface area contributed by atoms with Gasteiger partial charge in [0.05, 0.1) is 17.5 Å². The van der Waals surface area contributed by atoms with Gasteiger partial charge in [-0.3, -0.25) is 14.6 Å². The summed E-state index contributed by atoms with van der Waals surface area (Å²) < 4.78 is 49.5. The standard InChI is InChI=1S/C44H63ClN4O6S/c1-31-9-7-19-44(54-6,29-47-20-22-49(23-21-47)42(2,3)4)37-14-11-34(37)27-48-28-43(18-8-10-32-25-35(45)13-15-36(32)43)30-55-39-16-12-33(26-38(39)48)41(50)46-56(51,52)40(31)17-24-53-5/h7,12-13,15-16,19,25-26,31,34,37,40H,8-11,14,17-18,20-24,27-30H2,1-6H3,(H,46,50)/b19-7+/t31-,34-,37+,40+,43-,44-/m0/s1. The normalized spacial score (nSPS) is 32.0. The SMILES string of the molecule is COCC[C@@H]1[C@@H](C)C/C=C/[C@@](CN2CCN(C(C)(C)C)CC2)(OC)[C@@H]2CC[C@H]2CN2C[C@@]3(CCCc4cc(Cl)ccc43)COc3ccc(cc32)C(=O)NS1(=O)=O. The Bertz CT molecular complexity index is 1880. The number of benzene rings is 2. The first-order valence-electron chi connectivity index (χ1n) is 20.7. The lowest BCUT2D eigenvalue weighted by Gasteiger charge is -2.52. The van der Waals surface area contributed by atoms with Crippen molar-refractivity contribution < 1.29 is 27.4 Å². The smallest absolute Gasteiger partial charge is 0.264 e. The number of sulfonamides is 1. The summed E-state index contributed by atoms with van der Waals surface area (Å²) in [5.74, 6) is 0.369. The fourth-order valence-electron chi connectivity index (χ4n) is 10.4. The molecule has 3 aliphatic heterocycles. The number of fused-ring (bicyclic) bond motifs is 4. The van der Waals surface area contributed by atoms with Crippen molar-refractivity contribution in [3.8, 4) is 5.75 Å². The Morgan fingerprint density at radius 2 is 1.84 bits per heavy atom. The fraction of sp³-hybridized carbons (Fsp3) is 0.659. The van der Waals surface area contributed by atoms with Gasteiger partial charge in [0.25, 0.3) is 5.91 Å². The van der Waals surface area contributed by atoms with E-state index in [1.807, 2.05) is 32.2 Å². The van der Waals surface area contributed by atoms with Crippen molar-refractivity contribution in [3.63, 3.8) is 0 Å². The number of piperazine rings is 1. The molecule has 2 fully saturated rings. The van der Waals surface area contributed by atoms with E-state index < -0.39 is 26.8 Å². The predicted molar refractivity (Wildman–Crippen MR) is 224 cm³/mol. The summed E-state index contributed by atoms with van der Waals surface area (Å²) >= 11 is 6.53. The van der Waals surface area contributed by atoms with E-state index in [4.69, 9.17) is 25.8 Å². The number of halogens is 1. The Labute approximate surface area is 340 Å². The van der Waals surface area contributed by atoms with Crippen molar-refractivity contribution in [2.45, 2.75) is 94.4 Å². The van der Waals surface area contributed by atoms with E-state index in [2.05, 4.69) is 64.5 Å². The first kappa shape index (κ1) is 41.5. The summed E-state index contributed by atoms with van der Waals surface area (Å²) in [4.78, 5) is 21.5. The average molecular weight is 812 g/mol. The monoisotopic (exact) mass is 810 g/mol. The van der Waals surface area contributed by atoms with Crippen LogP contribution >= 0.6 is 11.6 Å². The molecule has 0 radical (unpaired) electrons. The summed E-state index contributed by atoms with van der Waals surface area (Å²) in [5, 5.41) is -0.0857. The molecule has 2 aromatic rings. The van der Waals surface area contributed by atoms with Gasteiger partial charge in [-0.15, -0.1) is 0 Å². The molecule has 2 bridgehead atoms. The van der Waals surface area contributed by atoms with Crippen LogP contribution in [0.25, 0.3) is 0 Å². The van der Waals surface area contributed by atoms with Crippen LogP contribution in [0.4, 0.5) is 5.69 Å². The minimum atomic E-state index is -4.07. The molecule has 3 heterocycles. The molecule has 2 aliphatic carbocycles. The van der Waals surface area contributed by atoms with E-state index in [1.54, 1.807) is 13.2 Å². The molecular weight excluding hydrogens is 748 g/mol. The number of nitrogens with one attached hydrogen (secondary N) is 1. The lowest BCUT2D eigenvalue weighted by atomic mass is 9.63. The lowest BCUT2D eigenvalue weighted by molar-refractivity contribution is -0.0975. The fourth-order valence-corrected chi connectivity index (χ4v) is 12.2. The van der Waals surface area contributed by atoms with E-state index in [1.165, 1.54) is 11.1 Å². The summed E-state index contributed by atoms with van der Waals surface area (Å²) in [6.45, 7) is 15.8. The molecule has 2 aromatic carbocycles. The van der Waals surface area contributed by atoms with Gasteiger partial charge in [0.15, 0.2) is 0 Å². The Morgan fingerprint density at radius 3 is 2.54 bits per heavy atom. The van der Waals surface area contributed by atoms with Crippen LogP contribution in [0.1, 0.15) is 87.7 Å². The highest BCUT2D eigenvalue weighted by Gasteiger charge is 2.50. The highest BCUT2D eigenvalue weighted by molar-refractivity contribution is 7.90. The Hall–Kier alpha value is -2.67. The molecule has 5 aliphatic rings. The van der Waals surface area contributed by atoms with Gasteiger partial charge in [-0.25, -0.2) is 13.1 Å². The number of carbonyl (C=O) groups is 1. The lowest BCUT2D eigenvalue weighted by Crippen LogP contribution is -2.60. The van der Waals surface area contributed by atoms with Gasteiger partial charge in [0, 0.05) is 88.2 Å². The van der Waals surface area contributed by atoms with Crippen LogP contribution in [0.2, 0.25) is 5.02 Å². The number of allylic oxidation sites excluding steroid dienone is 1. The number of amides is 1. The number of ether oxygens (including phenoxy) is 3. The number of aryl methyl sites for hydroxylation is 1. The van der Waals surface area contributed by atoms with Gasteiger partial charge in [0.1, 0.15) is 11.4 Å². The number of hydrogen-bond donors (Lipinski definition) is 1. The maximum atomic E-state index is 14.1. The molecular formula is C44H63ClN4O6S. The van der Waals surface area contributed by atoms with E-state index in [0.717, 1.165) is 82.1 Å². The predicted octanol–water partition coefficient (Wildman–Crippen LogP) is 6.70. The van der Waals surface area contributed by atoms with Gasteiger partial charge in [-0.05, 0) is 125 Å². The number of methoxy groups -OCH3 is 2. The van der Waals surface area contributed by atoms with Gasteiger partial charge >= 0.3 is 0 Å². The first-order valence-corrected chi connectivity index (χ1v) is 22.7. The quantitative estimate of drug-likeness (QED) is 0.320. The van der Waals surface area contributed by atoms with Crippen molar-refractivity contribution >= 4 is 33.2 Å². The highest BCUT2D eigenvalue weighted by Crippen LogP contribution is 2.49. The zero-order chi connectivity index (χ0) is 39.9. The van der Waals surface area contributed by atoms with Crippen molar-refractivity contribution in [1.82, 2.24) is 14.5 Å². The van der Waals surface area contributed by atoms with Crippen molar-refractivity contribution in [2.24, 2.45) is 17.8 Å². The van der Waals surface area contributed by atoms with Crippen LogP contribution in [0.15, 0.2) is 48.6 Å². The second-order valence-corrected chi connectivity index (χ2v) is 20.6. The topological polar surface area (TPSA) is 101 Å². The number of carbonyl (C=O) groups excluding carboxylic acids is 1. The number of hydrogen-bond acceptors (Lipinski definition) is 9. The molecule has 56 heavy (non-hydrogen) atoms. The molecule has 308 valence electrons. The third-order valence-corrected chi connectivity index (χ3v) is 16.0. The molecule has 1 amide bonds. The van der Waals surface area contributed by atoms with Crippen molar-refractivity contribution in [1.29, 1.82) is 0 Å². The zero-order valence-electron chi connectivity index (χ0n) is 34.3. The Balaban J connectivity index is 1.30. The highest BCUT2D eigenvalue weighted by atomic mass is 35.5. The molecule has 0 unspecified atom stereocenters. The zero-order valence-corrected chi connectivity index (χ0v) is 35.9. The van der Waals surface area contributed by atoms with Crippen molar-refractivity contribution in [2.75, 3.05) is 78.1 Å². The second kappa shape index (κ2) is 16.5. The second-order valence-electron chi connectivity index (χ2n) is 18.2. The minimum absolute atomic E-state index is 0.122. The van der Waals surface area contributed by atoms with E-state index in [9.17, 15) is 13.2 Å². The van der Waals surface area contributed by atoms with Crippen LogP contribution in [-0.4, -0.2) is 114 Å². The number of nitrogens with zero attached hydrogens (tertiary/aromatic N) is 3. The molecule has 12 heteroatoms. The summed E-state index contributed by atoms with van der Waals surface area (Å²) in [7, 11) is -0.639. The third kappa shape index (κ3) is 8.41. The van der Waals surface area contributed by atoms with Crippen LogP contribution in [-0.2, 0) is 31.3 Å². The van der Waals surface area contributed by atoms with Gasteiger partial charge in [-0.2, -0.15) is 0 Å². The summed E-state index contributed by atoms with van der Waals surface area (Å²) in [5.41, 5.74) is 2.96. The van der Waals surface area contributed by atoms with E-state index >= 15 is 0 Å². The van der Waals surface area contributed by atoms with Crippen LogP contribution < -0.4 is 14.4 Å². The Kier molecular flexibility index (Phi) is 12.2. The number of anilines is 1. The van der Waals surface area contributed by atoms with Crippen molar-refractivity contribution in [3.05, 3.63) is 70.3 Å². The molecule has 6 atom stereocenters. The molecule has 7 rings (SSSR count). The third-order valence-electron chi connectivity index (χ3n) is 13.8. The molecule has 0 aromatic heterocycles. The van der Waals surface area contributed by atoms with Crippen LogP contribution in [0.3, 0.4) is 0 Å². The minimum Gasteiger partial charge on any atom is -0.490 e. The average Bonchev–Trinajstić information content (AvgIpc) is 3.29.